The Hall–Kier alpha value is -0.980. The molecule has 1 aromatic heterocycles. The van der Waals surface area contributed by atoms with Crippen LogP contribution < -0.4 is 0 Å². The van der Waals surface area contributed by atoms with Crippen LogP contribution in [-0.2, 0) is 19.4 Å². The molecule has 0 aliphatic rings. The zero-order valence-electron chi connectivity index (χ0n) is 11.2. The lowest BCUT2D eigenvalue weighted by Gasteiger charge is -2.08. The van der Waals surface area contributed by atoms with Gasteiger partial charge in [-0.25, -0.2) is 0 Å². The minimum absolute atomic E-state index is 0.236. The molecule has 7 heteroatoms. The number of ketones is 1. The number of halogens is 3. The van der Waals surface area contributed by atoms with Crippen molar-refractivity contribution in [3.8, 4) is 0 Å². The standard InChI is InChI=1S/C12H17F3N2OS/c1-4-8-10(11(18)12(13,14)15)9(5-2)17(16-8)6-7-19-3/h4-7H2,1-3H3. The third-order valence-corrected chi connectivity index (χ3v) is 3.38. The van der Waals surface area contributed by atoms with Crippen LogP contribution >= 0.6 is 11.8 Å². The average Bonchev–Trinajstić information content (AvgIpc) is 2.71. The number of Topliss-reactive ketones (excluding diaryl/α,β-unsaturated/α-hetero) is 1. The van der Waals surface area contributed by atoms with Gasteiger partial charge in [0.2, 0.25) is 0 Å². The number of carbonyl (C=O) groups is 1. The number of rotatable bonds is 6. The predicted octanol–water partition coefficient (Wildman–Crippen LogP) is 3.12. The maximum Gasteiger partial charge on any atom is 0.455 e. The highest BCUT2D eigenvalue weighted by Crippen LogP contribution is 2.27. The van der Waals surface area contributed by atoms with Gasteiger partial charge in [-0.2, -0.15) is 30.0 Å². The summed E-state index contributed by atoms with van der Waals surface area (Å²) < 4.78 is 39.5. The minimum atomic E-state index is -4.85. The number of hydrogen-bond donors (Lipinski definition) is 0. The Morgan fingerprint density at radius 1 is 1.32 bits per heavy atom. The first-order valence-corrected chi connectivity index (χ1v) is 7.45. The molecule has 0 aliphatic heterocycles. The van der Waals surface area contributed by atoms with Crippen molar-refractivity contribution < 1.29 is 18.0 Å². The molecule has 0 fully saturated rings. The second kappa shape index (κ2) is 6.45. The fourth-order valence-corrected chi connectivity index (χ4v) is 2.28. The molecule has 1 aromatic rings. The topological polar surface area (TPSA) is 34.9 Å². The molecule has 0 aromatic carbocycles. The summed E-state index contributed by atoms with van der Waals surface area (Å²) in [4.78, 5) is 11.5. The third-order valence-electron chi connectivity index (χ3n) is 2.79. The maximum absolute atomic E-state index is 12.6. The number of thioether (sulfide) groups is 1. The first-order chi connectivity index (χ1) is 8.86. The van der Waals surface area contributed by atoms with Crippen molar-refractivity contribution >= 4 is 17.5 Å². The zero-order valence-corrected chi connectivity index (χ0v) is 12.0. The first-order valence-electron chi connectivity index (χ1n) is 6.05. The van der Waals surface area contributed by atoms with E-state index in [2.05, 4.69) is 5.10 Å². The van der Waals surface area contributed by atoms with Gasteiger partial charge in [-0.3, -0.25) is 9.48 Å². The van der Waals surface area contributed by atoms with Gasteiger partial charge in [0.05, 0.1) is 17.8 Å². The fraction of sp³-hybridized carbons (Fsp3) is 0.667. The van der Waals surface area contributed by atoms with E-state index in [9.17, 15) is 18.0 Å². The second-order valence-electron chi connectivity index (χ2n) is 4.02. The van der Waals surface area contributed by atoms with Crippen molar-refractivity contribution in [2.24, 2.45) is 0 Å². The van der Waals surface area contributed by atoms with Gasteiger partial charge in [-0.05, 0) is 19.1 Å². The summed E-state index contributed by atoms with van der Waals surface area (Å²) in [5.41, 5.74) is 0.368. The lowest BCUT2D eigenvalue weighted by Crippen LogP contribution is -2.25. The molecule has 0 radical (unpaired) electrons. The molecule has 1 heterocycles. The monoisotopic (exact) mass is 294 g/mol. The smallest absolute Gasteiger partial charge is 0.284 e. The molecule has 0 N–H and O–H groups in total. The largest absolute Gasteiger partial charge is 0.455 e. The summed E-state index contributed by atoms with van der Waals surface area (Å²) in [5.74, 6) is -1.03. The number of hydrogen-bond acceptors (Lipinski definition) is 3. The van der Waals surface area contributed by atoms with Crippen molar-refractivity contribution in [1.29, 1.82) is 0 Å². The molecule has 0 atom stereocenters. The van der Waals surface area contributed by atoms with Gasteiger partial charge in [-0.1, -0.05) is 13.8 Å². The number of aryl methyl sites for hydroxylation is 2. The third kappa shape index (κ3) is 3.52. The van der Waals surface area contributed by atoms with E-state index in [0.717, 1.165) is 5.75 Å². The van der Waals surface area contributed by atoms with Crippen LogP contribution in [0, 0.1) is 0 Å². The molecule has 3 nitrogen and oxygen atoms in total. The Labute approximate surface area is 114 Å². The number of carbonyl (C=O) groups excluding carboxylic acids is 1. The summed E-state index contributed by atoms with van der Waals surface area (Å²) in [7, 11) is 0. The quantitative estimate of drug-likeness (QED) is 0.756. The fourth-order valence-electron chi connectivity index (χ4n) is 1.93. The van der Waals surface area contributed by atoms with E-state index < -0.39 is 12.0 Å². The Kier molecular flexibility index (Phi) is 5.46. The molecule has 0 unspecified atom stereocenters. The highest BCUT2D eigenvalue weighted by atomic mass is 32.2. The van der Waals surface area contributed by atoms with Crippen molar-refractivity contribution in [1.82, 2.24) is 9.78 Å². The van der Waals surface area contributed by atoms with E-state index >= 15 is 0 Å². The zero-order chi connectivity index (χ0) is 14.6. The lowest BCUT2D eigenvalue weighted by atomic mass is 10.0. The minimum Gasteiger partial charge on any atom is -0.284 e. The van der Waals surface area contributed by atoms with Crippen LogP contribution in [0.5, 0.6) is 0 Å². The molecule has 1 rings (SSSR count). The van der Waals surface area contributed by atoms with Crippen LogP contribution in [-0.4, -0.2) is 33.7 Å². The summed E-state index contributed by atoms with van der Waals surface area (Å²) in [5, 5.41) is 4.15. The highest BCUT2D eigenvalue weighted by molar-refractivity contribution is 7.98. The van der Waals surface area contributed by atoms with Crippen molar-refractivity contribution in [2.45, 2.75) is 39.4 Å². The van der Waals surface area contributed by atoms with Crippen LogP contribution in [0.2, 0.25) is 0 Å². The van der Waals surface area contributed by atoms with Gasteiger partial charge >= 0.3 is 6.18 Å². The number of aromatic nitrogens is 2. The van der Waals surface area contributed by atoms with E-state index in [4.69, 9.17) is 0 Å². The Balaban J connectivity index is 3.28. The van der Waals surface area contributed by atoms with Crippen LogP contribution in [0.3, 0.4) is 0 Å². The molecule has 0 aliphatic carbocycles. The van der Waals surface area contributed by atoms with Gasteiger partial charge in [0.15, 0.2) is 0 Å². The van der Waals surface area contributed by atoms with Crippen LogP contribution in [0.4, 0.5) is 13.2 Å². The molecule has 0 saturated carbocycles. The van der Waals surface area contributed by atoms with Gasteiger partial charge in [0.25, 0.3) is 5.78 Å². The number of alkyl halides is 3. The van der Waals surface area contributed by atoms with Gasteiger partial charge in [0.1, 0.15) is 0 Å². The molecular formula is C12H17F3N2OS. The molecule has 108 valence electrons. The average molecular weight is 294 g/mol. The normalized spacial score (nSPS) is 11.9. The lowest BCUT2D eigenvalue weighted by molar-refractivity contribution is -0.0886. The summed E-state index contributed by atoms with van der Waals surface area (Å²) in [6, 6.07) is 0. The van der Waals surface area contributed by atoms with Crippen molar-refractivity contribution in [3.63, 3.8) is 0 Å². The van der Waals surface area contributed by atoms with Crippen LogP contribution in [0.25, 0.3) is 0 Å². The van der Waals surface area contributed by atoms with E-state index in [1.54, 1.807) is 25.6 Å². The Morgan fingerprint density at radius 3 is 2.37 bits per heavy atom. The van der Waals surface area contributed by atoms with Gasteiger partial charge in [0, 0.05) is 11.4 Å². The van der Waals surface area contributed by atoms with Crippen molar-refractivity contribution in [3.05, 3.63) is 17.0 Å². The summed E-state index contributed by atoms with van der Waals surface area (Å²) >= 11 is 1.58. The molecule has 19 heavy (non-hydrogen) atoms. The number of nitrogens with zero attached hydrogens (tertiary/aromatic N) is 2. The molecule has 0 amide bonds. The maximum atomic E-state index is 12.6. The van der Waals surface area contributed by atoms with E-state index in [1.165, 1.54) is 4.68 Å². The van der Waals surface area contributed by atoms with E-state index in [1.807, 2.05) is 6.26 Å². The van der Waals surface area contributed by atoms with Gasteiger partial charge in [-0.15, -0.1) is 0 Å². The second-order valence-corrected chi connectivity index (χ2v) is 5.00. The van der Waals surface area contributed by atoms with Crippen molar-refractivity contribution in [2.75, 3.05) is 12.0 Å². The van der Waals surface area contributed by atoms with Crippen LogP contribution in [0.1, 0.15) is 35.6 Å². The van der Waals surface area contributed by atoms with E-state index in [-0.39, 0.29) is 11.3 Å². The predicted molar refractivity (Wildman–Crippen MR) is 69.8 cm³/mol. The van der Waals surface area contributed by atoms with Gasteiger partial charge < -0.3 is 0 Å². The Morgan fingerprint density at radius 2 is 1.95 bits per heavy atom. The molecule has 0 spiro atoms. The summed E-state index contributed by atoms with van der Waals surface area (Å²) in [6.45, 7) is 3.95. The SMILES string of the molecule is CCc1nn(CCSC)c(CC)c1C(=O)C(F)(F)F. The Bertz CT molecular complexity index is 455. The molecule has 0 bridgehead atoms. The first kappa shape index (κ1) is 16.1. The van der Waals surface area contributed by atoms with Crippen LogP contribution in [0.15, 0.2) is 0 Å². The molecule has 0 saturated heterocycles. The van der Waals surface area contributed by atoms with E-state index in [0.29, 0.717) is 25.1 Å². The highest BCUT2D eigenvalue weighted by Gasteiger charge is 2.42. The summed E-state index contributed by atoms with van der Waals surface area (Å²) in [6.07, 6.45) is -2.26. The molecular weight excluding hydrogens is 277 g/mol.